The van der Waals surface area contributed by atoms with E-state index in [0.29, 0.717) is 17.1 Å². The minimum Gasteiger partial charge on any atom is -0.496 e. The summed E-state index contributed by atoms with van der Waals surface area (Å²) in [6, 6.07) is 10.9. The standard InChI is InChI=1S/C15H10BrNO4/c1-20-12-5-2-8-6-9(16)3-4-10(8)14(12)13-7-11(15(18)19)17-21-13/h2-7H,1H3,(H,18,19). The van der Waals surface area contributed by atoms with Gasteiger partial charge in [-0.05, 0) is 29.0 Å². The number of nitrogens with zero attached hydrogens (tertiary/aromatic N) is 1. The Labute approximate surface area is 128 Å². The summed E-state index contributed by atoms with van der Waals surface area (Å²) in [4.78, 5) is 10.9. The molecule has 2 aromatic carbocycles. The molecule has 0 bridgehead atoms. The van der Waals surface area contributed by atoms with Gasteiger partial charge in [0.05, 0.1) is 12.7 Å². The first-order valence-corrected chi connectivity index (χ1v) is 6.86. The Morgan fingerprint density at radius 3 is 2.76 bits per heavy atom. The number of carboxylic acids is 1. The minimum absolute atomic E-state index is 0.138. The highest BCUT2D eigenvalue weighted by Gasteiger charge is 2.18. The fraction of sp³-hybridized carbons (Fsp3) is 0.0667. The number of carboxylic acid groups (broad SMARTS) is 1. The molecule has 0 aliphatic rings. The van der Waals surface area contributed by atoms with Crippen LogP contribution in [0, 0.1) is 0 Å². The molecule has 0 aliphatic carbocycles. The van der Waals surface area contributed by atoms with Gasteiger partial charge in [-0.2, -0.15) is 0 Å². The molecule has 0 aliphatic heterocycles. The highest BCUT2D eigenvalue weighted by atomic mass is 79.9. The van der Waals surface area contributed by atoms with Gasteiger partial charge in [-0.15, -0.1) is 0 Å². The Morgan fingerprint density at radius 2 is 2.10 bits per heavy atom. The maximum absolute atomic E-state index is 10.9. The number of rotatable bonds is 3. The Hall–Kier alpha value is -2.34. The van der Waals surface area contributed by atoms with Crippen molar-refractivity contribution in [3.63, 3.8) is 0 Å². The lowest BCUT2D eigenvalue weighted by Gasteiger charge is -2.09. The molecule has 0 spiro atoms. The first kappa shape index (κ1) is 13.6. The Kier molecular flexibility index (Phi) is 3.39. The normalized spacial score (nSPS) is 10.8. The van der Waals surface area contributed by atoms with Gasteiger partial charge in [0.15, 0.2) is 11.5 Å². The largest absolute Gasteiger partial charge is 0.496 e. The lowest BCUT2D eigenvalue weighted by molar-refractivity contribution is 0.0686. The quantitative estimate of drug-likeness (QED) is 0.776. The third kappa shape index (κ3) is 2.38. The molecule has 0 atom stereocenters. The van der Waals surface area contributed by atoms with Crippen molar-refractivity contribution in [2.24, 2.45) is 0 Å². The van der Waals surface area contributed by atoms with Gasteiger partial charge in [-0.3, -0.25) is 0 Å². The maximum atomic E-state index is 10.9. The number of hydrogen-bond donors (Lipinski definition) is 1. The molecular weight excluding hydrogens is 338 g/mol. The van der Waals surface area contributed by atoms with E-state index in [2.05, 4.69) is 21.1 Å². The molecule has 3 aromatic rings. The summed E-state index contributed by atoms with van der Waals surface area (Å²) in [7, 11) is 1.55. The first-order chi connectivity index (χ1) is 10.1. The van der Waals surface area contributed by atoms with Gasteiger partial charge in [0.1, 0.15) is 5.75 Å². The van der Waals surface area contributed by atoms with Crippen molar-refractivity contribution in [2.75, 3.05) is 7.11 Å². The van der Waals surface area contributed by atoms with Gasteiger partial charge in [0.25, 0.3) is 0 Å². The number of ether oxygens (including phenoxy) is 1. The van der Waals surface area contributed by atoms with E-state index < -0.39 is 5.97 Å². The first-order valence-electron chi connectivity index (χ1n) is 6.07. The molecule has 0 radical (unpaired) electrons. The Morgan fingerprint density at radius 1 is 1.29 bits per heavy atom. The molecule has 1 N–H and O–H groups in total. The van der Waals surface area contributed by atoms with E-state index in [1.807, 2.05) is 30.3 Å². The lowest BCUT2D eigenvalue weighted by atomic mass is 10.0. The molecule has 6 heteroatoms. The molecular formula is C15H10BrNO4. The highest BCUT2D eigenvalue weighted by molar-refractivity contribution is 9.10. The topological polar surface area (TPSA) is 72.6 Å². The summed E-state index contributed by atoms with van der Waals surface area (Å²) in [6.45, 7) is 0. The van der Waals surface area contributed by atoms with E-state index >= 15 is 0 Å². The molecule has 3 rings (SSSR count). The fourth-order valence-corrected chi connectivity index (χ4v) is 2.58. The van der Waals surface area contributed by atoms with Gasteiger partial charge < -0.3 is 14.4 Å². The van der Waals surface area contributed by atoms with Gasteiger partial charge in [0.2, 0.25) is 0 Å². The smallest absolute Gasteiger partial charge is 0.358 e. The van der Waals surface area contributed by atoms with Crippen molar-refractivity contribution in [2.45, 2.75) is 0 Å². The molecule has 1 aromatic heterocycles. The van der Waals surface area contributed by atoms with Crippen LogP contribution < -0.4 is 4.74 Å². The summed E-state index contributed by atoms with van der Waals surface area (Å²) in [5.41, 5.74) is 0.545. The second-order valence-electron chi connectivity index (χ2n) is 4.39. The van der Waals surface area contributed by atoms with Crippen LogP contribution in [0.1, 0.15) is 10.5 Å². The Bertz CT molecular complexity index is 841. The number of aromatic nitrogens is 1. The zero-order valence-electron chi connectivity index (χ0n) is 11.0. The molecule has 1 heterocycles. The van der Waals surface area contributed by atoms with Gasteiger partial charge in [-0.1, -0.05) is 33.2 Å². The van der Waals surface area contributed by atoms with Crippen LogP contribution in [-0.2, 0) is 0 Å². The predicted molar refractivity (Wildman–Crippen MR) is 80.7 cm³/mol. The van der Waals surface area contributed by atoms with Gasteiger partial charge >= 0.3 is 5.97 Å². The van der Waals surface area contributed by atoms with Crippen molar-refractivity contribution < 1.29 is 19.2 Å². The summed E-state index contributed by atoms with van der Waals surface area (Å²) >= 11 is 3.43. The third-order valence-electron chi connectivity index (χ3n) is 3.14. The van der Waals surface area contributed by atoms with Crippen LogP contribution >= 0.6 is 15.9 Å². The van der Waals surface area contributed by atoms with E-state index in [4.69, 9.17) is 14.4 Å². The summed E-state index contributed by atoms with van der Waals surface area (Å²) < 4.78 is 11.5. The van der Waals surface area contributed by atoms with Crippen molar-refractivity contribution >= 4 is 32.7 Å². The van der Waals surface area contributed by atoms with Gasteiger partial charge in [-0.25, -0.2) is 4.79 Å². The number of aromatic carboxylic acids is 1. The van der Waals surface area contributed by atoms with Crippen LogP contribution in [0.15, 0.2) is 45.4 Å². The molecule has 0 saturated carbocycles. The van der Waals surface area contributed by atoms with E-state index in [-0.39, 0.29) is 5.69 Å². The number of halogens is 1. The monoisotopic (exact) mass is 347 g/mol. The van der Waals surface area contributed by atoms with Gasteiger partial charge in [0, 0.05) is 10.5 Å². The molecule has 0 saturated heterocycles. The zero-order valence-corrected chi connectivity index (χ0v) is 12.5. The predicted octanol–water partition coefficient (Wildman–Crippen LogP) is 3.96. The molecule has 0 fully saturated rings. The van der Waals surface area contributed by atoms with Crippen molar-refractivity contribution in [1.82, 2.24) is 5.16 Å². The average Bonchev–Trinajstić information content (AvgIpc) is 2.95. The SMILES string of the molecule is COc1ccc2cc(Br)ccc2c1-c1cc(C(=O)O)no1. The molecule has 106 valence electrons. The van der Waals surface area contributed by atoms with Crippen LogP contribution in [0.3, 0.4) is 0 Å². The van der Waals surface area contributed by atoms with Crippen LogP contribution in [0.5, 0.6) is 5.75 Å². The van der Waals surface area contributed by atoms with Crippen molar-refractivity contribution in [3.8, 4) is 17.1 Å². The van der Waals surface area contributed by atoms with E-state index in [1.165, 1.54) is 6.07 Å². The molecule has 0 amide bonds. The second-order valence-corrected chi connectivity index (χ2v) is 5.31. The van der Waals surface area contributed by atoms with Crippen LogP contribution in [0.25, 0.3) is 22.1 Å². The number of carbonyl (C=O) groups is 1. The Balaban J connectivity index is 2.29. The number of hydrogen-bond acceptors (Lipinski definition) is 4. The maximum Gasteiger partial charge on any atom is 0.358 e. The van der Waals surface area contributed by atoms with Crippen LogP contribution in [0.2, 0.25) is 0 Å². The van der Waals surface area contributed by atoms with E-state index in [1.54, 1.807) is 7.11 Å². The van der Waals surface area contributed by atoms with Crippen molar-refractivity contribution in [3.05, 3.63) is 46.6 Å². The molecule has 21 heavy (non-hydrogen) atoms. The number of fused-ring (bicyclic) bond motifs is 1. The van der Waals surface area contributed by atoms with Crippen molar-refractivity contribution in [1.29, 1.82) is 0 Å². The highest BCUT2D eigenvalue weighted by Crippen LogP contribution is 2.38. The zero-order chi connectivity index (χ0) is 15.0. The summed E-state index contributed by atoms with van der Waals surface area (Å²) in [5, 5.41) is 14.4. The van der Waals surface area contributed by atoms with Crippen LogP contribution in [-0.4, -0.2) is 23.3 Å². The summed E-state index contributed by atoms with van der Waals surface area (Å²) in [5.74, 6) is -0.179. The molecule has 5 nitrogen and oxygen atoms in total. The number of methoxy groups -OCH3 is 1. The second kappa shape index (κ2) is 5.21. The van der Waals surface area contributed by atoms with Crippen LogP contribution in [0.4, 0.5) is 0 Å². The minimum atomic E-state index is -1.13. The number of benzene rings is 2. The summed E-state index contributed by atoms with van der Waals surface area (Å²) in [6.07, 6.45) is 0. The van der Waals surface area contributed by atoms with E-state index in [9.17, 15) is 4.79 Å². The fourth-order valence-electron chi connectivity index (χ4n) is 2.20. The molecule has 0 unspecified atom stereocenters. The van der Waals surface area contributed by atoms with E-state index in [0.717, 1.165) is 15.2 Å². The third-order valence-corrected chi connectivity index (χ3v) is 3.63. The average molecular weight is 348 g/mol. The lowest BCUT2D eigenvalue weighted by Crippen LogP contribution is -1.94.